The summed E-state index contributed by atoms with van der Waals surface area (Å²) >= 11 is 0. The largest absolute Gasteiger partial charge is 0.422 e. The van der Waals surface area contributed by atoms with Gasteiger partial charge in [0.15, 0.2) is 0 Å². The van der Waals surface area contributed by atoms with Gasteiger partial charge in [-0.2, -0.15) is 0 Å². The van der Waals surface area contributed by atoms with Crippen molar-refractivity contribution in [2.24, 2.45) is 0 Å². The molecular formula is C21H14N4O2. The van der Waals surface area contributed by atoms with E-state index in [2.05, 4.69) is 19.9 Å². The Labute approximate surface area is 153 Å². The predicted octanol–water partition coefficient (Wildman–Crippen LogP) is 4.24. The van der Waals surface area contributed by atoms with Gasteiger partial charge in [0.2, 0.25) is 0 Å². The number of fused-ring (bicyclic) bond motifs is 1. The Morgan fingerprint density at radius 3 is 2.04 bits per heavy atom. The molecule has 130 valence electrons. The molecule has 5 aromatic rings. The minimum absolute atomic E-state index is 0.362. The third-order valence-electron chi connectivity index (χ3n) is 4.55. The molecule has 0 atom stereocenters. The number of aromatic nitrogens is 4. The molecule has 0 amide bonds. The number of H-pyrrole nitrogens is 2. The molecule has 2 N–H and O–H groups in total. The number of nitrogens with zero attached hydrogens (tertiary/aromatic N) is 2. The summed E-state index contributed by atoms with van der Waals surface area (Å²) in [6.07, 6.45) is 6.75. The molecule has 3 aromatic heterocycles. The summed E-state index contributed by atoms with van der Waals surface area (Å²) in [4.78, 5) is 26.7. The first kappa shape index (κ1) is 15.3. The maximum absolute atomic E-state index is 12.5. The minimum atomic E-state index is -0.362. The minimum Gasteiger partial charge on any atom is -0.422 e. The highest BCUT2D eigenvalue weighted by molar-refractivity contribution is 5.85. The number of aromatic amines is 2. The molecule has 0 fully saturated rings. The van der Waals surface area contributed by atoms with Crippen LogP contribution in [0.3, 0.4) is 0 Å². The molecule has 6 nitrogen and oxygen atoms in total. The zero-order chi connectivity index (χ0) is 18.2. The van der Waals surface area contributed by atoms with Crippen LogP contribution in [0.5, 0.6) is 0 Å². The highest BCUT2D eigenvalue weighted by atomic mass is 16.4. The molecule has 0 aliphatic heterocycles. The Hall–Kier alpha value is -3.93. The first-order chi connectivity index (χ1) is 13.3. The lowest BCUT2D eigenvalue weighted by molar-refractivity contribution is 0.563. The Balaban J connectivity index is 1.56. The van der Waals surface area contributed by atoms with E-state index in [9.17, 15) is 4.79 Å². The number of benzene rings is 2. The summed E-state index contributed by atoms with van der Waals surface area (Å²) in [6.45, 7) is 0. The topological polar surface area (TPSA) is 87.6 Å². The summed E-state index contributed by atoms with van der Waals surface area (Å²) in [5.74, 6) is 0. The molecule has 3 heterocycles. The van der Waals surface area contributed by atoms with Crippen molar-refractivity contribution < 1.29 is 4.42 Å². The van der Waals surface area contributed by atoms with E-state index in [0.717, 1.165) is 33.5 Å². The first-order valence-electron chi connectivity index (χ1n) is 8.44. The van der Waals surface area contributed by atoms with E-state index in [0.29, 0.717) is 11.1 Å². The van der Waals surface area contributed by atoms with E-state index in [1.165, 1.54) is 0 Å². The molecule has 0 saturated carbocycles. The van der Waals surface area contributed by atoms with Gasteiger partial charge in [0.05, 0.1) is 42.0 Å². The fourth-order valence-electron chi connectivity index (χ4n) is 3.14. The number of imidazole rings is 2. The predicted molar refractivity (Wildman–Crippen MR) is 103 cm³/mol. The monoisotopic (exact) mass is 354 g/mol. The lowest BCUT2D eigenvalue weighted by Crippen LogP contribution is -2.02. The Morgan fingerprint density at radius 2 is 1.37 bits per heavy atom. The zero-order valence-corrected chi connectivity index (χ0v) is 14.1. The lowest BCUT2D eigenvalue weighted by atomic mass is 10.0. The van der Waals surface area contributed by atoms with Crippen LogP contribution in [0, 0.1) is 0 Å². The van der Waals surface area contributed by atoms with Crippen LogP contribution in [-0.4, -0.2) is 19.9 Å². The highest BCUT2D eigenvalue weighted by Crippen LogP contribution is 2.26. The third kappa shape index (κ3) is 2.73. The maximum Gasteiger partial charge on any atom is 0.344 e. The molecule has 5 rings (SSSR count). The third-order valence-corrected chi connectivity index (χ3v) is 4.55. The van der Waals surface area contributed by atoms with Crippen LogP contribution in [-0.2, 0) is 0 Å². The number of hydrogen-bond acceptors (Lipinski definition) is 4. The van der Waals surface area contributed by atoms with Crippen molar-refractivity contribution in [1.29, 1.82) is 0 Å². The van der Waals surface area contributed by atoms with Gasteiger partial charge in [-0.1, -0.05) is 36.4 Å². The second kappa shape index (κ2) is 6.10. The molecule has 0 bridgehead atoms. The van der Waals surface area contributed by atoms with Crippen LogP contribution in [0.2, 0.25) is 0 Å². The highest BCUT2D eigenvalue weighted by Gasteiger charge is 2.10. The van der Waals surface area contributed by atoms with Gasteiger partial charge in [0, 0.05) is 10.9 Å². The average molecular weight is 354 g/mol. The van der Waals surface area contributed by atoms with Crippen molar-refractivity contribution in [2.75, 3.05) is 0 Å². The molecule has 0 spiro atoms. The van der Waals surface area contributed by atoms with Gasteiger partial charge in [0.1, 0.15) is 5.58 Å². The second-order valence-electron chi connectivity index (χ2n) is 6.21. The van der Waals surface area contributed by atoms with Crippen molar-refractivity contribution in [1.82, 2.24) is 19.9 Å². The molecule has 0 radical (unpaired) electrons. The average Bonchev–Trinajstić information content (AvgIpc) is 3.41. The van der Waals surface area contributed by atoms with Gasteiger partial charge in [-0.05, 0) is 23.3 Å². The quantitative estimate of drug-likeness (QED) is 0.474. The summed E-state index contributed by atoms with van der Waals surface area (Å²) in [5.41, 5.74) is 5.25. The maximum atomic E-state index is 12.5. The first-order valence-corrected chi connectivity index (χ1v) is 8.44. The van der Waals surface area contributed by atoms with E-state index in [-0.39, 0.29) is 5.63 Å². The van der Waals surface area contributed by atoms with Gasteiger partial charge in [-0.3, -0.25) is 0 Å². The summed E-state index contributed by atoms with van der Waals surface area (Å²) in [6, 6.07) is 15.3. The number of rotatable bonds is 3. The Morgan fingerprint density at radius 1 is 0.741 bits per heavy atom. The molecule has 0 aliphatic rings. The Bertz CT molecular complexity index is 1270. The van der Waals surface area contributed by atoms with Gasteiger partial charge in [-0.25, -0.2) is 14.8 Å². The molecule has 6 heteroatoms. The van der Waals surface area contributed by atoms with Crippen molar-refractivity contribution in [3.8, 4) is 33.6 Å². The molecular weight excluding hydrogens is 340 g/mol. The summed E-state index contributed by atoms with van der Waals surface area (Å²) in [5, 5.41) is 0.866. The van der Waals surface area contributed by atoms with Gasteiger partial charge < -0.3 is 14.4 Å². The van der Waals surface area contributed by atoms with Gasteiger partial charge in [-0.15, -0.1) is 0 Å². The van der Waals surface area contributed by atoms with Crippen molar-refractivity contribution in [2.45, 2.75) is 0 Å². The second-order valence-corrected chi connectivity index (χ2v) is 6.21. The van der Waals surface area contributed by atoms with E-state index >= 15 is 0 Å². The van der Waals surface area contributed by atoms with E-state index in [4.69, 9.17) is 4.42 Å². The normalized spacial score (nSPS) is 11.1. The Kier molecular flexibility index (Phi) is 3.47. The van der Waals surface area contributed by atoms with E-state index in [1.54, 1.807) is 25.0 Å². The van der Waals surface area contributed by atoms with Crippen LogP contribution in [0.15, 0.2) is 82.8 Å². The van der Waals surface area contributed by atoms with E-state index in [1.807, 2.05) is 48.5 Å². The molecule has 2 aromatic carbocycles. The standard InChI is InChI=1S/C21H14N4O2/c26-21-17(13-1-3-14(4-2-13)18-9-22-11-24-18)7-16-6-5-15(8-20(16)27-21)19-10-23-12-25-19/h1-12H,(H,22,24)(H,23,25). The van der Waals surface area contributed by atoms with Crippen LogP contribution in [0.25, 0.3) is 44.6 Å². The molecule has 0 saturated heterocycles. The van der Waals surface area contributed by atoms with Crippen molar-refractivity contribution in [3.05, 3.63) is 84.0 Å². The van der Waals surface area contributed by atoms with Crippen LogP contribution in [0.4, 0.5) is 0 Å². The van der Waals surface area contributed by atoms with Crippen LogP contribution >= 0.6 is 0 Å². The molecule has 27 heavy (non-hydrogen) atoms. The van der Waals surface area contributed by atoms with E-state index < -0.39 is 0 Å². The summed E-state index contributed by atoms with van der Waals surface area (Å²) in [7, 11) is 0. The van der Waals surface area contributed by atoms with Crippen molar-refractivity contribution >= 4 is 11.0 Å². The lowest BCUT2D eigenvalue weighted by Gasteiger charge is -2.05. The number of nitrogens with one attached hydrogen (secondary N) is 2. The fraction of sp³-hybridized carbons (Fsp3) is 0. The van der Waals surface area contributed by atoms with Crippen LogP contribution < -0.4 is 5.63 Å². The SMILES string of the molecule is O=c1oc2cc(-c3cnc[nH]3)ccc2cc1-c1ccc(-c2cnc[nH]2)cc1. The van der Waals surface area contributed by atoms with Gasteiger partial charge >= 0.3 is 5.63 Å². The van der Waals surface area contributed by atoms with Gasteiger partial charge in [0.25, 0.3) is 0 Å². The summed E-state index contributed by atoms with van der Waals surface area (Å²) < 4.78 is 5.58. The fourth-order valence-corrected chi connectivity index (χ4v) is 3.14. The molecule has 0 unspecified atom stereocenters. The molecule has 0 aliphatic carbocycles. The number of hydrogen-bond donors (Lipinski definition) is 2. The van der Waals surface area contributed by atoms with Crippen molar-refractivity contribution in [3.63, 3.8) is 0 Å². The smallest absolute Gasteiger partial charge is 0.344 e. The van der Waals surface area contributed by atoms with Crippen LogP contribution in [0.1, 0.15) is 0 Å². The zero-order valence-electron chi connectivity index (χ0n) is 14.1.